The van der Waals surface area contributed by atoms with Crippen molar-refractivity contribution in [3.8, 4) is 0 Å². The standard InChI is InChI=1S/C12H14BrNO4S/c1-14-9(3-5-12(15)16)7-19(17,18)11-4-2-8(13)6-10(11)14/h2,4,6,9H,3,5,7H2,1H3,(H,15,16). The molecule has 0 fully saturated rings. The fraction of sp³-hybridized carbons (Fsp3) is 0.417. The number of fused-ring (bicyclic) bond motifs is 1. The SMILES string of the molecule is CN1c2cc(Br)ccc2S(=O)(=O)CC1CCC(=O)O. The fourth-order valence-corrected chi connectivity index (χ4v) is 4.47. The zero-order valence-corrected chi connectivity index (χ0v) is 12.7. The third kappa shape index (κ3) is 2.92. The van der Waals surface area contributed by atoms with E-state index < -0.39 is 15.8 Å². The van der Waals surface area contributed by atoms with E-state index in [4.69, 9.17) is 5.11 Å². The molecule has 0 bridgehead atoms. The number of sulfone groups is 1. The lowest BCUT2D eigenvalue weighted by Gasteiger charge is -2.35. The highest BCUT2D eigenvalue weighted by atomic mass is 79.9. The van der Waals surface area contributed by atoms with E-state index in [-0.39, 0.29) is 18.2 Å². The van der Waals surface area contributed by atoms with Gasteiger partial charge in [-0.15, -0.1) is 0 Å². The smallest absolute Gasteiger partial charge is 0.303 e. The summed E-state index contributed by atoms with van der Waals surface area (Å²) in [6.45, 7) is 0. The number of aliphatic carboxylic acids is 1. The van der Waals surface area contributed by atoms with Gasteiger partial charge in [0.15, 0.2) is 9.84 Å². The Morgan fingerprint density at radius 1 is 1.53 bits per heavy atom. The molecule has 19 heavy (non-hydrogen) atoms. The summed E-state index contributed by atoms with van der Waals surface area (Å²) in [5.41, 5.74) is 0.621. The Kier molecular flexibility index (Phi) is 3.87. The van der Waals surface area contributed by atoms with E-state index >= 15 is 0 Å². The molecule has 1 atom stereocenters. The molecule has 0 aliphatic carbocycles. The molecule has 0 aromatic heterocycles. The number of hydrogen-bond donors (Lipinski definition) is 1. The minimum atomic E-state index is -3.34. The molecule has 7 heteroatoms. The Bertz CT molecular complexity index is 614. The summed E-state index contributed by atoms with van der Waals surface area (Å²) >= 11 is 3.32. The molecule has 0 saturated carbocycles. The Hall–Kier alpha value is -1.08. The fourth-order valence-electron chi connectivity index (χ4n) is 2.25. The van der Waals surface area contributed by atoms with Crippen molar-refractivity contribution in [3.63, 3.8) is 0 Å². The van der Waals surface area contributed by atoms with Crippen molar-refractivity contribution in [3.05, 3.63) is 22.7 Å². The number of carboxylic acid groups (broad SMARTS) is 1. The van der Waals surface area contributed by atoms with E-state index in [0.29, 0.717) is 17.0 Å². The topological polar surface area (TPSA) is 74.7 Å². The van der Waals surface area contributed by atoms with Gasteiger partial charge in [0.05, 0.1) is 16.3 Å². The van der Waals surface area contributed by atoms with Gasteiger partial charge < -0.3 is 10.0 Å². The second-order valence-electron chi connectivity index (χ2n) is 4.59. The highest BCUT2D eigenvalue weighted by Gasteiger charge is 2.33. The van der Waals surface area contributed by atoms with E-state index in [0.717, 1.165) is 4.47 Å². The lowest BCUT2D eigenvalue weighted by molar-refractivity contribution is -0.137. The van der Waals surface area contributed by atoms with Crippen molar-refractivity contribution in [1.82, 2.24) is 0 Å². The van der Waals surface area contributed by atoms with Crippen molar-refractivity contribution in [2.45, 2.75) is 23.8 Å². The molecule has 2 rings (SSSR count). The minimum absolute atomic E-state index is 0.0339. The van der Waals surface area contributed by atoms with Crippen molar-refractivity contribution in [2.24, 2.45) is 0 Å². The number of carbonyl (C=O) groups is 1. The predicted octanol–water partition coefficient (Wildman–Crippen LogP) is 1.91. The maximum absolute atomic E-state index is 12.2. The Labute approximate surface area is 120 Å². The second kappa shape index (κ2) is 5.13. The monoisotopic (exact) mass is 347 g/mol. The second-order valence-corrected chi connectivity index (χ2v) is 7.51. The molecule has 0 saturated heterocycles. The summed E-state index contributed by atoms with van der Waals surface area (Å²) in [5, 5.41) is 8.72. The zero-order chi connectivity index (χ0) is 14.2. The highest BCUT2D eigenvalue weighted by Crippen LogP contribution is 2.35. The van der Waals surface area contributed by atoms with Gasteiger partial charge >= 0.3 is 5.97 Å². The van der Waals surface area contributed by atoms with Crippen LogP contribution in [-0.2, 0) is 14.6 Å². The number of hydrogen-bond acceptors (Lipinski definition) is 4. The molecule has 104 valence electrons. The number of rotatable bonds is 3. The number of halogens is 1. The Morgan fingerprint density at radius 2 is 2.21 bits per heavy atom. The first-order valence-electron chi connectivity index (χ1n) is 5.78. The molecular weight excluding hydrogens is 334 g/mol. The van der Waals surface area contributed by atoms with Gasteiger partial charge in [-0.25, -0.2) is 8.42 Å². The first-order chi connectivity index (χ1) is 8.81. The molecule has 0 amide bonds. The average Bonchev–Trinajstić information content (AvgIpc) is 2.31. The van der Waals surface area contributed by atoms with Crippen LogP contribution in [0.15, 0.2) is 27.6 Å². The zero-order valence-electron chi connectivity index (χ0n) is 10.3. The van der Waals surface area contributed by atoms with Gasteiger partial charge in [0, 0.05) is 24.0 Å². The van der Waals surface area contributed by atoms with Crippen LogP contribution in [0.5, 0.6) is 0 Å². The molecule has 5 nitrogen and oxygen atoms in total. The van der Waals surface area contributed by atoms with E-state index in [1.807, 2.05) is 4.90 Å². The van der Waals surface area contributed by atoms with E-state index in [1.54, 1.807) is 25.2 Å². The number of anilines is 1. The molecule has 1 heterocycles. The average molecular weight is 348 g/mol. The molecule has 1 N–H and O–H groups in total. The molecule has 0 spiro atoms. The summed E-state index contributed by atoms with van der Waals surface area (Å²) < 4.78 is 25.2. The van der Waals surface area contributed by atoms with Crippen LogP contribution in [0.2, 0.25) is 0 Å². The largest absolute Gasteiger partial charge is 0.481 e. The van der Waals surface area contributed by atoms with Gasteiger partial charge in [0.25, 0.3) is 0 Å². The van der Waals surface area contributed by atoms with Crippen LogP contribution in [-0.4, -0.2) is 38.3 Å². The Morgan fingerprint density at radius 3 is 2.84 bits per heavy atom. The molecular formula is C12H14BrNO4S. The van der Waals surface area contributed by atoms with Crippen molar-refractivity contribution < 1.29 is 18.3 Å². The van der Waals surface area contributed by atoms with Gasteiger partial charge in [-0.1, -0.05) is 15.9 Å². The van der Waals surface area contributed by atoms with Crippen LogP contribution < -0.4 is 4.90 Å². The van der Waals surface area contributed by atoms with Gasteiger partial charge in [-0.2, -0.15) is 0 Å². The third-order valence-electron chi connectivity index (χ3n) is 3.29. The van der Waals surface area contributed by atoms with Crippen molar-refractivity contribution >= 4 is 37.4 Å². The number of carboxylic acids is 1. The van der Waals surface area contributed by atoms with Crippen LogP contribution >= 0.6 is 15.9 Å². The van der Waals surface area contributed by atoms with Crippen molar-refractivity contribution in [2.75, 3.05) is 17.7 Å². The molecule has 1 aromatic rings. The molecule has 1 aliphatic rings. The third-order valence-corrected chi connectivity index (χ3v) is 5.62. The summed E-state index contributed by atoms with van der Waals surface area (Å²) in [7, 11) is -1.55. The summed E-state index contributed by atoms with van der Waals surface area (Å²) in [6, 6.07) is 4.73. The quantitative estimate of drug-likeness (QED) is 0.903. The summed E-state index contributed by atoms with van der Waals surface area (Å²) in [6.07, 6.45) is 0.283. The summed E-state index contributed by atoms with van der Waals surface area (Å²) in [4.78, 5) is 12.8. The molecule has 1 unspecified atom stereocenters. The van der Waals surface area contributed by atoms with Crippen LogP contribution in [0, 0.1) is 0 Å². The summed E-state index contributed by atoms with van der Waals surface area (Å²) in [5.74, 6) is -0.948. The first-order valence-corrected chi connectivity index (χ1v) is 8.23. The van der Waals surface area contributed by atoms with Crippen LogP contribution in [0.25, 0.3) is 0 Å². The van der Waals surface area contributed by atoms with Gasteiger partial charge in [-0.3, -0.25) is 4.79 Å². The van der Waals surface area contributed by atoms with E-state index in [2.05, 4.69) is 15.9 Å². The van der Waals surface area contributed by atoms with Crippen molar-refractivity contribution in [1.29, 1.82) is 0 Å². The molecule has 1 aromatic carbocycles. The highest BCUT2D eigenvalue weighted by molar-refractivity contribution is 9.10. The lowest BCUT2D eigenvalue weighted by Crippen LogP contribution is -2.42. The lowest BCUT2D eigenvalue weighted by atomic mass is 10.1. The minimum Gasteiger partial charge on any atom is -0.481 e. The van der Waals surface area contributed by atoms with Gasteiger partial charge in [0.1, 0.15) is 0 Å². The maximum atomic E-state index is 12.2. The van der Waals surface area contributed by atoms with Gasteiger partial charge in [-0.05, 0) is 24.6 Å². The number of nitrogens with zero attached hydrogens (tertiary/aromatic N) is 1. The number of benzene rings is 1. The molecule has 1 aliphatic heterocycles. The van der Waals surface area contributed by atoms with Crippen LogP contribution in [0.4, 0.5) is 5.69 Å². The normalized spacial score (nSPS) is 20.9. The van der Waals surface area contributed by atoms with E-state index in [1.165, 1.54) is 0 Å². The van der Waals surface area contributed by atoms with Gasteiger partial charge in [0.2, 0.25) is 0 Å². The Balaban J connectivity index is 2.38. The predicted molar refractivity (Wildman–Crippen MR) is 75.3 cm³/mol. The van der Waals surface area contributed by atoms with Crippen LogP contribution in [0.1, 0.15) is 12.8 Å². The molecule has 0 radical (unpaired) electrons. The maximum Gasteiger partial charge on any atom is 0.303 e. The van der Waals surface area contributed by atoms with E-state index in [9.17, 15) is 13.2 Å². The first kappa shape index (κ1) is 14.3. The van der Waals surface area contributed by atoms with Crippen LogP contribution in [0.3, 0.4) is 0 Å².